The van der Waals surface area contributed by atoms with Crippen molar-refractivity contribution in [2.45, 2.75) is 39.5 Å². The summed E-state index contributed by atoms with van der Waals surface area (Å²) >= 11 is 3.35. The Morgan fingerprint density at radius 2 is 1.85 bits per heavy atom. The molecule has 2 heterocycles. The van der Waals surface area contributed by atoms with Crippen LogP contribution in [0.25, 0.3) is 6.08 Å². The van der Waals surface area contributed by atoms with Crippen molar-refractivity contribution >= 4 is 51.9 Å². The van der Waals surface area contributed by atoms with Gasteiger partial charge < -0.3 is 24.1 Å². The highest BCUT2D eigenvalue weighted by Crippen LogP contribution is 2.35. The number of allylic oxidation sites excluding steroid dienone is 1. The fraction of sp³-hybridized carbons (Fsp3) is 0.235. The second kappa shape index (κ2) is 13.9. The zero-order chi connectivity index (χ0) is 33.1. The number of hydrogen-bond donors (Lipinski definition) is 1. The van der Waals surface area contributed by atoms with E-state index in [0.29, 0.717) is 49.0 Å². The number of esters is 1. The lowest BCUT2D eigenvalue weighted by Crippen LogP contribution is -2.40. The summed E-state index contributed by atoms with van der Waals surface area (Å²) in [5.74, 6) is -0.0267. The second-order valence-corrected chi connectivity index (χ2v) is 12.8. The van der Waals surface area contributed by atoms with E-state index in [1.54, 1.807) is 70.4 Å². The predicted octanol–water partition coefficient (Wildman–Crippen LogP) is 5.09. The average Bonchev–Trinajstić information content (AvgIpc) is 3.32. The molecule has 1 N–H and O–H groups in total. The fourth-order valence-corrected chi connectivity index (χ4v) is 6.88. The first kappa shape index (κ1) is 32.9. The summed E-state index contributed by atoms with van der Waals surface area (Å²) in [4.78, 5) is 43.9. The van der Waals surface area contributed by atoms with E-state index in [9.17, 15) is 19.5 Å². The van der Waals surface area contributed by atoms with Gasteiger partial charge in [0, 0.05) is 0 Å². The first-order valence-corrected chi connectivity index (χ1v) is 16.1. The number of rotatable bonds is 10. The van der Waals surface area contributed by atoms with Crippen LogP contribution >= 0.6 is 33.9 Å². The summed E-state index contributed by atoms with van der Waals surface area (Å²) < 4.78 is 25.4. The minimum atomic E-state index is -1.01. The molecule has 0 saturated carbocycles. The highest BCUT2D eigenvalue weighted by atomic mass is 127. The predicted molar refractivity (Wildman–Crippen MR) is 181 cm³/mol. The number of methoxy groups -OCH3 is 2. The van der Waals surface area contributed by atoms with Crippen LogP contribution in [0.1, 0.15) is 53.9 Å². The Labute approximate surface area is 282 Å². The van der Waals surface area contributed by atoms with Gasteiger partial charge in [-0.2, -0.15) is 0 Å². The zero-order valence-corrected chi connectivity index (χ0v) is 28.7. The normalized spacial score (nSPS) is 14.5. The molecule has 0 aliphatic carbocycles. The third kappa shape index (κ3) is 6.87. The highest BCUT2D eigenvalue weighted by Gasteiger charge is 2.34. The topological polar surface area (TPSA) is 126 Å². The van der Waals surface area contributed by atoms with Gasteiger partial charge in [-0.25, -0.2) is 14.6 Å². The van der Waals surface area contributed by atoms with Crippen LogP contribution < -0.4 is 29.1 Å². The van der Waals surface area contributed by atoms with Gasteiger partial charge in [0.05, 0.1) is 51.3 Å². The standard InChI is InChI=1S/C34H31IN2O8S/c1-18(2)45-33(41)28-19(3)36-34-37(29(28)22-9-7-11-24(16-22)42-4)31(38)27(46-34)15-21-13-25(35)30(26(14-21)43-5)44-17-20-8-6-10-23(12-20)32(39)40/h6-16,18,29H,17H2,1-5H3,(H,39,40)/b27-15+/t29-/m1/s1. The maximum Gasteiger partial charge on any atom is 0.338 e. The van der Waals surface area contributed by atoms with Crippen molar-refractivity contribution in [3.8, 4) is 17.2 Å². The van der Waals surface area contributed by atoms with Crippen LogP contribution in [0.15, 0.2) is 81.7 Å². The molecule has 0 saturated heterocycles. The number of aromatic carboxylic acids is 1. The monoisotopic (exact) mass is 754 g/mol. The number of benzene rings is 3. The summed E-state index contributed by atoms with van der Waals surface area (Å²) in [6.45, 7) is 5.42. The summed E-state index contributed by atoms with van der Waals surface area (Å²) in [7, 11) is 3.08. The van der Waals surface area contributed by atoms with E-state index in [2.05, 4.69) is 27.6 Å². The van der Waals surface area contributed by atoms with Crippen LogP contribution in [-0.4, -0.2) is 41.9 Å². The van der Waals surface area contributed by atoms with Gasteiger partial charge in [-0.3, -0.25) is 9.36 Å². The van der Waals surface area contributed by atoms with E-state index in [4.69, 9.17) is 18.9 Å². The Hall–Kier alpha value is -4.43. The highest BCUT2D eigenvalue weighted by molar-refractivity contribution is 14.1. The van der Waals surface area contributed by atoms with Crippen molar-refractivity contribution < 1.29 is 33.6 Å². The van der Waals surface area contributed by atoms with Crippen molar-refractivity contribution in [1.29, 1.82) is 0 Å². The molecule has 0 bridgehead atoms. The molecule has 12 heteroatoms. The van der Waals surface area contributed by atoms with Crippen LogP contribution in [-0.2, 0) is 16.1 Å². The Bertz CT molecular complexity index is 2050. The molecule has 1 aliphatic rings. The summed E-state index contributed by atoms with van der Waals surface area (Å²) in [5.41, 5.74) is 2.69. The largest absolute Gasteiger partial charge is 0.497 e. The number of fused-ring (bicyclic) bond motifs is 1. The number of ether oxygens (including phenoxy) is 4. The van der Waals surface area contributed by atoms with Gasteiger partial charge in [0.2, 0.25) is 0 Å². The van der Waals surface area contributed by atoms with Crippen LogP contribution in [0.4, 0.5) is 0 Å². The van der Waals surface area contributed by atoms with E-state index < -0.39 is 18.0 Å². The van der Waals surface area contributed by atoms with Gasteiger partial charge in [0.25, 0.3) is 5.56 Å². The molecule has 1 atom stereocenters. The number of carbonyl (C=O) groups is 2. The molecule has 1 aliphatic heterocycles. The Balaban J connectivity index is 1.56. The molecule has 238 valence electrons. The van der Waals surface area contributed by atoms with Gasteiger partial charge in [0.15, 0.2) is 16.3 Å². The average molecular weight is 755 g/mol. The summed E-state index contributed by atoms with van der Waals surface area (Å²) in [6.07, 6.45) is 1.39. The molecule has 10 nitrogen and oxygen atoms in total. The van der Waals surface area contributed by atoms with Crippen LogP contribution in [0.2, 0.25) is 0 Å². The van der Waals surface area contributed by atoms with Gasteiger partial charge in [-0.15, -0.1) is 0 Å². The quantitative estimate of drug-likeness (QED) is 0.176. The van der Waals surface area contributed by atoms with Crippen molar-refractivity contribution in [1.82, 2.24) is 4.57 Å². The molecule has 0 amide bonds. The molecular weight excluding hydrogens is 723 g/mol. The van der Waals surface area contributed by atoms with Crippen molar-refractivity contribution in [3.63, 3.8) is 0 Å². The van der Waals surface area contributed by atoms with Crippen LogP contribution in [0, 0.1) is 3.57 Å². The molecule has 46 heavy (non-hydrogen) atoms. The fourth-order valence-electron chi connectivity index (χ4n) is 5.05. The molecule has 0 spiro atoms. The van der Waals surface area contributed by atoms with Gasteiger partial charge in [-0.1, -0.05) is 35.6 Å². The lowest BCUT2D eigenvalue weighted by Gasteiger charge is -2.25. The number of thiazole rings is 1. The van der Waals surface area contributed by atoms with E-state index in [1.165, 1.54) is 29.1 Å². The number of carboxylic acids is 1. The number of aromatic nitrogens is 1. The molecule has 4 aromatic rings. The van der Waals surface area contributed by atoms with Crippen LogP contribution in [0.3, 0.4) is 0 Å². The lowest BCUT2D eigenvalue weighted by atomic mass is 9.95. The minimum Gasteiger partial charge on any atom is -0.497 e. The number of hydrogen-bond acceptors (Lipinski definition) is 9. The second-order valence-electron chi connectivity index (χ2n) is 10.6. The first-order valence-electron chi connectivity index (χ1n) is 14.2. The number of carboxylic acid groups (broad SMARTS) is 1. The molecule has 3 aromatic carbocycles. The van der Waals surface area contributed by atoms with Crippen molar-refractivity contribution in [3.05, 3.63) is 117 Å². The summed E-state index contributed by atoms with van der Waals surface area (Å²) in [5, 5.41) is 9.30. The Morgan fingerprint density at radius 3 is 2.54 bits per heavy atom. The minimum absolute atomic E-state index is 0.136. The molecular formula is C34H31IN2O8S. The van der Waals surface area contributed by atoms with Gasteiger partial charge in [0.1, 0.15) is 12.4 Å². The Kier molecular flexibility index (Phi) is 9.97. The number of nitrogens with zero attached hydrogens (tertiary/aromatic N) is 2. The third-order valence-corrected chi connectivity index (χ3v) is 8.88. The van der Waals surface area contributed by atoms with Crippen LogP contribution in [0.5, 0.6) is 17.2 Å². The lowest BCUT2D eigenvalue weighted by molar-refractivity contribution is -0.143. The van der Waals surface area contributed by atoms with E-state index >= 15 is 0 Å². The number of carbonyl (C=O) groups excluding carboxylic acids is 1. The zero-order valence-electron chi connectivity index (χ0n) is 25.7. The molecule has 5 rings (SSSR count). The molecule has 1 aromatic heterocycles. The summed E-state index contributed by atoms with van der Waals surface area (Å²) in [6, 6.07) is 16.6. The first-order chi connectivity index (χ1) is 22.0. The SMILES string of the molecule is COc1cccc([C@@H]2C(C(=O)OC(C)C)=C(C)N=c3s/c(=C/c4cc(I)c(OCc5cccc(C(=O)O)c5)c(OC)c4)c(=O)n32)c1. The maximum atomic E-state index is 14.1. The van der Waals surface area contributed by atoms with Gasteiger partial charge in [-0.05, 0) is 103 Å². The van der Waals surface area contributed by atoms with E-state index in [0.717, 1.165) is 3.57 Å². The number of halogens is 1. The molecule has 0 unspecified atom stereocenters. The van der Waals surface area contributed by atoms with Crippen molar-refractivity contribution in [2.75, 3.05) is 14.2 Å². The maximum absolute atomic E-state index is 14.1. The van der Waals surface area contributed by atoms with Gasteiger partial charge >= 0.3 is 11.9 Å². The molecule has 0 radical (unpaired) electrons. The molecule has 0 fully saturated rings. The van der Waals surface area contributed by atoms with E-state index in [1.807, 2.05) is 18.2 Å². The Morgan fingerprint density at radius 1 is 1.09 bits per heavy atom. The smallest absolute Gasteiger partial charge is 0.338 e. The van der Waals surface area contributed by atoms with Crippen molar-refractivity contribution in [2.24, 2.45) is 4.99 Å². The van der Waals surface area contributed by atoms with E-state index in [-0.39, 0.29) is 29.4 Å². The third-order valence-electron chi connectivity index (χ3n) is 7.10.